The summed E-state index contributed by atoms with van der Waals surface area (Å²) in [5.41, 5.74) is 0.844. The van der Waals surface area contributed by atoms with Crippen LogP contribution in [0.25, 0.3) is 10.1 Å². The maximum atomic E-state index is 11.3. The van der Waals surface area contributed by atoms with Gasteiger partial charge < -0.3 is 10.4 Å². The summed E-state index contributed by atoms with van der Waals surface area (Å²) < 4.78 is 1.00. The van der Waals surface area contributed by atoms with E-state index in [-0.39, 0.29) is 6.04 Å². The van der Waals surface area contributed by atoms with Crippen molar-refractivity contribution in [3.05, 3.63) is 34.7 Å². The van der Waals surface area contributed by atoms with Crippen LogP contribution in [0.4, 0.5) is 0 Å². The average molecular weight is 273 g/mol. The highest BCUT2D eigenvalue weighted by atomic mass is 32.1. The third kappa shape index (κ3) is 2.95. The topological polar surface area (TPSA) is 49.3 Å². The molecule has 1 heterocycles. The number of thiophene rings is 1. The highest BCUT2D eigenvalue weighted by Gasteiger charge is 2.17. The molecule has 0 saturated heterocycles. The number of fused-ring (bicyclic) bond motifs is 1. The highest BCUT2D eigenvalue weighted by Crippen LogP contribution is 2.31. The van der Waals surface area contributed by atoms with Crippen molar-refractivity contribution in [2.75, 3.05) is 0 Å². The van der Waals surface area contributed by atoms with E-state index in [0.717, 1.165) is 15.6 Å². The van der Waals surface area contributed by atoms with Gasteiger partial charge in [-0.1, -0.05) is 18.2 Å². The van der Waals surface area contributed by atoms with E-state index in [1.807, 2.05) is 31.2 Å². The molecule has 1 atom stereocenters. The zero-order chi connectivity index (χ0) is 13.8. The standard InChI is InChI=1S/C15H15NO2S/c1-3-6-10(2)16-9-12-11-7-4-5-8-13(11)19-14(12)15(17)18/h1,4-5,7-8,10,16H,6,9H2,2H3,(H,17,18). The fraction of sp³-hybridized carbons (Fsp3) is 0.267. The predicted molar refractivity (Wildman–Crippen MR) is 78.5 cm³/mol. The lowest BCUT2D eigenvalue weighted by Gasteiger charge is -2.10. The van der Waals surface area contributed by atoms with Crippen LogP contribution < -0.4 is 5.32 Å². The summed E-state index contributed by atoms with van der Waals surface area (Å²) >= 11 is 1.32. The molecule has 0 aliphatic carbocycles. The number of benzene rings is 1. The second-order valence-electron chi connectivity index (χ2n) is 4.40. The number of carboxylic acid groups (broad SMARTS) is 1. The van der Waals surface area contributed by atoms with Crippen LogP contribution in [0.5, 0.6) is 0 Å². The molecule has 0 aliphatic heterocycles. The van der Waals surface area contributed by atoms with Crippen molar-refractivity contribution >= 4 is 27.4 Å². The number of hydrogen-bond donors (Lipinski definition) is 2. The van der Waals surface area contributed by atoms with Gasteiger partial charge in [0.15, 0.2) is 0 Å². The number of carboxylic acids is 1. The molecule has 1 aromatic heterocycles. The molecule has 3 nitrogen and oxygen atoms in total. The second kappa shape index (κ2) is 5.87. The molecule has 1 unspecified atom stereocenters. The lowest BCUT2D eigenvalue weighted by Crippen LogP contribution is -2.25. The molecule has 0 amide bonds. The molecule has 98 valence electrons. The van der Waals surface area contributed by atoms with Crippen LogP contribution in [-0.4, -0.2) is 17.1 Å². The molecule has 0 bridgehead atoms. The predicted octanol–water partition coefficient (Wildman–Crippen LogP) is 3.10. The molecule has 0 aliphatic rings. The molecule has 4 heteroatoms. The Morgan fingerprint density at radius 2 is 2.26 bits per heavy atom. The van der Waals surface area contributed by atoms with Crippen LogP contribution in [0.1, 0.15) is 28.6 Å². The normalized spacial score (nSPS) is 12.2. The van der Waals surface area contributed by atoms with E-state index in [1.165, 1.54) is 11.3 Å². The van der Waals surface area contributed by atoms with E-state index in [4.69, 9.17) is 6.42 Å². The number of terminal acetylenes is 1. The van der Waals surface area contributed by atoms with E-state index in [0.29, 0.717) is 17.8 Å². The van der Waals surface area contributed by atoms with Gasteiger partial charge in [0.05, 0.1) is 0 Å². The van der Waals surface area contributed by atoms with E-state index < -0.39 is 5.97 Å². The van der Waals surface area contributed by atoms with Crippen LogP contribution in [0.3, 0.4) is 0 Å². The van der Waals surface area contributed by atoms with Crippen molar-refractivity contribution in [1.82, 2.24) is 5.32 Å². The molecule has 2 N–H and O–H groups in total. The Balaban J connectivity index is 2.32. The van der Waals surface area contributed by atoms with Gasteiger partial charge in [0.1, 0.15) is 4.88 Å². The van der Waals surface area contributed by atoms with Crippen LogP contribution in [0, 0.1) is 12.3 Å². The van der Waals surface area contributed by atoms with Gasteiger partial charge >= 0.3 is 5.97 Å². The van der Waals surface area contributed by atoms with Crippen LogP contribution in [0.15, 0.2) is 24.3 Å². The minimum atomic E-state index is -0.873. The molecule has 0 radical (unpaired) electrons. The summed E-state index contributed by atoms with van der Waals surface area (Å²) in [6, 6.07) is 7.92. The fourth-order valence-corrected chi connectivity index (χ4v) is 3.03. The third-order valence-corrected chi connectivity index (χ3v) is 4.14. The summed E-state index contributed by atoms with van der Waals surface area (Å²) in [5, 5.41) is 13.6. The monoisotopic (exact) mass is 273 g/mol. The lowest BCUT2D eigenvalue weighted by molar-refractivity contribution is 0.0701. The van der Waals surface area contributed by atoms with Gasteiger partial charge in [0.25, 0.3) is 0 Å². The summed E-state index contributed by atoms with van der Waals surface area (Å²) in [5.74, 6) is 1.72. The smallest absolute Gasteiger partial charge is 0.346 e. The second-order valence-corrected chi connectivity index (χ2v) is 5.45. The minimum Gasteiger partial charge on any atom is -0.477 e. The largest absolute Gasteiger partial charge is 0.477 e. The van der Waals surface area contributed by atoms with Gasteiger partial charge in [-0.3, -0.25) is 0 Å². The molecule has 2 rings (SSSR count). The van der Waals surface area contributed by atoms with Crippen LogP contribution in [-0.2, 0) is 6.54 Å². The molecule has 0 saturated carbocycles. The Morgan fingerprint density at radius 3 is 2.95 bits per heavy atom. The zero-order valence-electron chi connectivity index (χ0n) is 10.6. The van der Waals surface area contributed by atoms with Crippen molar-refractivity contribution in [3.8, 4) is 12.3 Å². The Labute approximate surface area is 116 Å². The van der Waals surface area contributed by atoms with Crippen molar-refractivity contribution < 1.29 is 9.90 Å². The Hall–Kier alpha value is -1.83. The number of rotatable bonds is 5. The van der Waals surface area contributed by atoms with Crippen molar-refractivity contribution in [2.24, 2.45) is 0 Å². The van der Waals surface area contributed by atoms with Gasteiger partial charge in [-0.25, -0.2) is 4.79 Å². The molecule has 0 fully saturated rings. The number of nitrogens with one attached hydrogen (secondary N) is 1. The maximum Gasteiger partial charge on any atom is 0.346 e. The maximum absolute atomic E-state index is 11.3. The zero-order valence-corrected chi connectivity index (χ0v) is 11.5. The number of hydrogen-bond acceptors (Lipinski definition) is 3. The Bertz CT molecular complexity index is 639. The Morgan fingerprint density at radius 1 is 1.53 bits per heavy atom. The van der Waals surface area contributed by atoms with Crippen molar-refractivity contribution in [3.63, 3.8) is 0 Å². The van der Waals surface area contributed by atoms with E-state index >= 15 is 0 Å². The average Bonchev–Trinajstić information content (AvgIpc) is 2.75. The third-order valence-electron chi connectivity index (χ3n) is 2.94. The van der Waals surface area contributed by atoms with Gasteiger partial charge in [0, 0.05) is 23.7 Å². The van der Waals surface area contributed by atoms with Gasteiger partial charge in [-0.15, -0.1) is 23.7 Å². The van der Waals surface area contributed by atoms with Gasteiger partial charge in [0.2, 0.25) is 0 Å². The van der Waals surface area contributed by atoms with E-state index in [1.54, 1.807) is 0 Å². The van der Waals surface area contributed by atoms with Crippen molar-refractivity contribution in [1.29, 1.82) is 0 Å². The summed E-state index contributed by atoms with van der Waals surface area (Å²) in [6.45, 7) is 2.52. The minimum absolute atomic E-state index is 0.172. The number of aromatic carboxylic acids is 1. The van der Waals surface area contributed by atoms with E-state index in [9.17, 15) is 9.90 Å². The molecule has 1 aromatic carbocycles. The van der Waals surface area contributed by atoms with Crippen molar-refractivity contribution in [2.45, 2.75) is 25.9 Å². The first kappa shape index (κ1) is 13.6. The molecular weight excluding hydrogens is 258 g/mol. The molecular formula is C15H15NO2S. The lowest BCUT2D eigenvalue weighted by atomic mass is 10.1. The van der Waals surface area contributed by atoms with Crippen LogP contribution >= 0.6 is 11.3 Å². The van der Waals surface area contributed by atoms with Crippen LogP contribution in [0.2, 0.25) is 0 Å². The molecule has 2 aromatic rings. The summed E-state index contributed by atoms with van der Waals surface area (Å²) in [4.78, 5) is 11.7. The van der Waals surface area contributed by atoms with Gasteiger partial charge in [-0.2, -0.15) is 0 Å². The highest BCUT2D eigenvalue weighted by molar-refractivity contribution is 7.21. The fourth-order valence-electron chi connectivity index (χ4n) is 1.97. The molecule has 0 spiro atoms. The van der Waals surface area contributed by atoms with E-state index in [2.05, 4.69) is 11.2 Å². The quantitative estimate of drug-likeness (QED) is 0.823. The summed E-state index contributed by atoms with van der Waals surface area (Å²) in [7, 11) is 0. The number of carbonyl (C=O) groups is 1. The first-order valence-electron chi connectivity index (χ1n) is 6.04. The molecule has 19 heavy (non-hydrogen) atoms. The van der Waals surface area contributed by atoms with Gasteiger partial charge in [-0.05, 0) is 23.9 Å². The first-order valence-corrected chi connectivity index (χ1v) is 6.85. The Kier molecular flexibility index (Phi) is 4.20. The first-order chi connectivity index (χ1) is 9.13. The SMILES string of the molecule is C#CCC(C)NCc1c(C(=O)O)sc2ccccc12. The summed E-state index contributed by atoms with van der Waals surface area (Å²) in [6.07, 6.45) is 5.89.